The number of amides is 2. The number of carbonyl (C=O) groups excluding carboxylic acids is 2. The molecule has 1 unspecified atom stereocenters. The van der Waals surface area contributed by atoms with Crippen molar-refractivity contribution in [1.29, 1.82) is 0 Å². The van der Waals surface area contributed by atoms with Gasteiger partial charge in [-0.3, -0.25) is 9.59 Å². The van der Waals surface area contributed by atoms with Crippen LogP contribution in [0.5, 0.6) is 0 Å². The molecule has 33 heavy (non-hydrogen) atoms. The summed E-state index contributed by atoms with van der Waals surface area (Å²) >= 11 is 0. The molecule has 164 valence electrons. The number of aromatic amines is 2. The van der Waals surface area contributed by atoms with E-state index < -0.39 is 0 Å². The van der Waals surface area contributed by atoms with Crippen LogP contribution in [0.25, 0.3) is 22.1 Å². The second kappa shape index (κ2) is 8.58. The number of fused-ring (bicyclic) bond motifs is 2. The van der Waals surface area contributed by atoms with Gasteiger partial charge in [0.25, 0.3) is 11.8 Å². The summed E-state index contributed by atoms with van der Waals surface area (Å²) in [6.07, 6.45) is 3.59. The fraction of sp³-hybridized carbons (Fsp3) is 0.120. The van der Waals surface area contributed by atoms with Crippen molar-refractivity contribution in [3.8, 4) is 0 Å². The molecule has 8 heteroatoms. The van der Waals surface area contributed by atoms with Crippen LogP contribution in [0.1, 0.15) is 45.1 Å². The van der Waals surface area contributed by atoms with E-state index in [2.05, 4.69) is 30.6 Å². The number of hydrogen-bond acceptors (Lipinski definition) is 4. The molecule has 4 aromatic heterocycles. The first kappa shape index (κ1) is 20.4. The summed E-state index contributed by atoms with van der Waals surface area (Å²) in [5.74, 6) is -0.468. The Kier molecular flexibility index (Phi) is 5.32. The van der Waals surface area contributed by atoms with E-state index >= 15 is 0 Å². The minimum Gasteiger partial charge on any atom is -0.347 e. The number of aromatic nitrogens is 4. The van der Waals surface area contributed by atoms with Crippen LogP contribution >= 0.6 is 0 Å². The molecule has 0 aliphatic rings. The molecule has 0 saturated heterocycles. The monoisotopic (exact) mass is 438 g/mol. The Morgan fingerprint density at radius 3 is 1.97 bits per heavy atom. The van der Waals surface area contributed by atoms with E-state index in [1.54, 1.807) is 24.5 Å². The van der Waals surface area contributed by atoms with Gasteiger partial charge in [0.05, 0.1) is 6.04 Å². The van der Waals surface area contributed by atoms with Gasteiger partial charge in [-0.15, -0.1) is 0 Å². The van der Waals surface area contributed by atoms with Crippen molar-refractivity contribution in [2.45, 2.75) is 19.5 Å². The second-order valence-electron chi connectivity index (χ2n) is 7.84. The smallest absolute Gasteiger partial charge is 0.270 e. The Morgan fingerprint density at radius 1 is 0.788 bits per heavy atom. The molecule has 4 heterocycles. The van der Waals surface area contributed by atoms with Gasteiger partial charge in [0.1, 0.15) is 22.7 Å². The van der Waals surface area contributed by atoms with Crippen LogP contribution in [0.15, 0.2) is 73.1 Å². The van der Waals surface area contributed by atoms with Crippen LogP contribution in [-0.4, -0.2) is 31.8 Å². The van der Waals surface area contributed by atoms with E-state index in [0.29, 0.717) is 29.2 Å². The average molecular weight is 438 g/mol. The number of carbonyl (C=O) groups is 2. The molecule has 0 aliphatic carbocycles. The summed E-state index contributed by atoms with van der Waals surface area (Å²) in [4.78, 5) is 39.8. The zero-order chi connectivity index (χ0) is 22.8. The largest absolute Gasteiger partial charge is 0.347 e. The van der Waals surface area contributed by atoms with E-state index in [1.807, 2.05) is 55.5 Å². The molecule has 0 fully saturated rings. The van der Waals surface area contributed by atoms with Crippen molar-refractivity contribution >= 4 is 33.9 Å². The van der Waals surface area contributed by atoms with Crippen LogP contribution in [0.4, 0.5) is 0 Å². The average Bonchev–Trinajstić information content (AvgIpc) is 3.51. The van der Waals surface area contributed by atoms with Crippen molar-refractivity contribution in [2.75, 3.05) is 0 Å². The van der Waals surface area contributed by atoms with E-state index in [-0.39, 0.29) is 17.9 Å². The maximum Gasteiger partial charge on any atom is 0.270 e. The van der Waals surface area contributed by atoms with Crippen molar-refractivity contribution in [3.05, 3.63) is 95.6 Å². The van der Waals surface area contributed by atoms with Gasteiger partial charge in [0.2, 0.25) is 0 Å². The number of hydrogen-bond donors (Lipinski definition) is 4. The number of pyridine rings is 2. The predicted molar refractivity (Wildman–Crippen MR) is 126 cm³/mol. The number of nitrogens with one attached hydrogen (secondary N) is 4. The Labute approximate surface area is 189 Å². The van der Waals surface area contributed by atoms with Crippen molar-refractivity contribution < 1.29 is 9.59 Å². The van der Waals surface area contributed by atoms with Gasteiger partial charge in [-0.25, -0.2) is 9.97 Å². The van der Waals surface area contributed by atoms with Crippen LogP contribution in [-0.2, 0) is 6.54 Å². The summed E-state index contributed by atoms with van der Waals surface area (Å²) in [5, 5.41) is 7.79. The minimum absolute atomic E-state index is 0.195. The normalized spacial score (nSPS) is 12.0. The third kappa shape index (κ3) is 4.31. The van der Waals surface area contributed by atoms with Gasteiger partial charge in [-0.05, 0) is 54.4 Å². The SMILES string of the molecule is CC(NC(=O)c1ccc2cc[nH]c2n1)c1ccc(CNC(=O)c2ccc3cc[nH]c3n2)cc1. The second-order valence-corrected chi connectivity index (χ2v) is 7.84. The molecule has 0 spiro atoms. The van der Waals surface area contributed by atoms with Gasteiger partial charge in [-0.1, -0.05) is 24.3 Å². The highest BCUT2D eigenvalue weighted by atomic mass is 16.2. The first-order valence-corrected chi connectivity index (χ1v) is 10.6. The van der Waals surface area contributed by atoms with E-state index in [4.69, 9.17) is 0 Å². The summed E-state index contributed by atoms with van der Waals surface area (Å²) in [5.41, 5.74) is 4.01. The maximum atomic E-state index is 12.6. The molecule has 5 rings (SSSR count). The van der Waals surface area contributed by atoms with Gasteiger partial charge >= 0.3 is 0 Å². The van der Waals surface area contributed by atoms with E-state index in [0.717, 1.165) is 21.9 Å². The standard InChI is InChI=1S/C25H22N6O2/c1-15(29-25(33)21-9-7-19-11-13-27-23(19)31-21)17-4-2-16(3-5-17)14-28-24(32)20-8-6-18-10-12-26-22(18)30-20/h2-13,15H,14H2,1H3,(H,26,30)(H,27,31)(H,28,32)(H,29,33). The van der Waals surface area contributed by atoms with Gasteiger partial charge in [-0.2, -0.15) is 0 Å². The molecule has 1 atom stereocenters. The fourth-order valence-corrected chi connectivity index (χ4v) is 3.66. The minimum atomic E-state index is -0.234. The number of rotatable bonds is 6. The molecule has 2 amide bonds. The fourth-order valence-electron chi connectivity index (χ4n) is 3.66. The molecular weight excluding hydrogens is 416 g/mol. The molecule has 4 N–H and O–H groups in total. The van der Waals surface area contributed by atoms with Gasteiger partial charge in [0, 0.05) is 29.7 Å². The lowest BCUT2D eigenvalue weighted by Crippen LogP contribution is -2.27. The highest BCUT2D eigenvalue weighted by Gasteiger charge is 2.14. The highest BCUT2D eigenvalue weighted by molar-refractivity contribution is 5.95. The van der Waals surface area contributed by atoms with Gasteiger partial charge in [0.15, 0.2) is 0 Å². The van der Waals surface area contributed by atoms with Crippen molar-refractivity contribution in [2.24, 2.45) is 0 Å². The van der Waals surface area contributed by atoms with Crippen molar-refractivity contribution in [1.82, 2.24) is 30.6 Å². The first-order valence-electron chi connectivity index (χ1n) is 10.6. The first-order chi connectivity index (χ1) is 16.1. The molecule has 1 aromatic carbocycles. The summed E-state index contributed by atoms with van der Waals surface area (Å²) in [7, 11) is 0. The van der Waals surface area contributed by atoms with Crippen LogP contribution in [0.3, 0.4) is 0 Å². The molecular formula is C25H22N6O2. The number of nitrogens with zero attached hydrogens (tertiary/aromatic N) is 2. The summed E-state index contributed by atoms with van der Waals surface area (Å²) < 4.78 is 0. The maximum absolute atomic E-state index is 12.6. The quantitative estimate of drug-likeness (QED) is 0.322. The zero-order valence-electron chi connectivity index (χ0n) is 17.9. The van der Waals surface area contributed by atoms with Crippen LogP contribution in [0.2, 0.25) is 0 Å². The van der Waals surface area contributed by atoms with Crippen LogP contribution < -0.4 is 10.6 Å². The molecule has 0 saturated carbocycles. The molecule has 0 radical (unpaired) electrons. The lowest BCUT2D eigenvalue weighted by atomic mass is 10.1. The van der Waals surface area contributed by atoms with E-state index in [9.17, 15) is 9.59 Å². The third-order valence-corrected chi connectivity index (χ3v) is 5.56. The summed E-state index contributed by atoms with van der Waals surface area (Å²) in [6.45, 7) is 2.30. The Bertz CT molecular complexity index is 1450. The lowest BCUT2D eigenvalue weighted by molar-refractivity contribution is 0.0930. The topological polar surface area (TPSA) is 116 Å². The van der Waals surface area contributed by atoms with Crippen LogP contribution in [0, 0.1) is 0 Å². The molecule has 5 aromatic rings. The Morgan fingerprint density at radius 2 is 1.36 bits per heavy atom. The number of benzene rings is 1. The van der Waals surface area contributed by atoms with Crippen molar-refractivity contribution in [3.63, 3.8) is 0 Å². The lowest BCUT2D eigenvalue weighted by Gasteiger charge is -2.15. The molecule has 8 nitrogen and oxygen atoms in total. The summed E-state index contributed by atoms with van der Waals surface area (Å²) in [6, 6.07) is 18.5. The molecule has 0 bridgehead atoms. The Hall–Kier alpha value is -4.46. The number of H-pyrrole nitrogens is 2. The third-order valence-electron chi connectivity index (χ3n) is 5.56. The predicted octanol–water partition coefficient (Wildman–Crippen LogP) is 3.86. The molecule has 0 aliphatic heterocycles. The highest BCUT2D eigenvalue weighted by Crippen LogP contribution is 2.16. The zero-order valence-corrected chi connectivity index (χ0v) is 17.9. The Balaban J connectivity index is 1.18. The van der Waals surface area contributed by atoms with Gasteiger partial charge < -0.3 is 20.6 Å². The van der Waals surface area contributed by atoms with E-state index in [1.165, 1.54) is 0 Å².